The van der Waals surface area contributed by atoms with Crippen molar-refractivity contribution in [2.24, 2.45) is 5.41 Å². The standard InChI is InChI=1S/C18H28N2O2/c21-16(19-12-9-15-7-3-1-4-8-15)18(10-11-18)17(22)20-13-5-2-6-14-20/h7H,1-6,8-14H2,(H,19,21). The molecular formula is C18H28N2O2. The summed E-state index contributed by atoms with van der Waals surface area (Å²) in [5.74, 6) is 0.0565. The number of carbonyl (C=O) groups excluding carboxylic acids is 2. The van der Waals surface area contributed by atoms with Gasteiger partial charge in [-0.2, -0.15) is 0 Å². The molecule has 3 aliphatic rings. The zero-order valence-corrected chi connectivity index (χ0v) is 13.5. The number of piperidine rings is 1. The third-order valence-electron chi connectivity index (χ3n) is 5.35. The minimum absolute atomic E-state index is 0.0283. The van der Waals surface area contributed by atoms with Crippen LogP contribution in [0.2, 0.25) is 0 Å². The SMILES string of the molecule is O=C(NCCC1=CCCCC1)C1(C(=O)N2CCCCC2)CC1. The summed E-state index contributed by atoms with van der Waals surface area (Å²) in [6, 6.07) is 0. The molecule has 1 heterocycles. The molecule has 1 aliphatic heterocycles. The summed E-state index contributed by atoms with van der Waals surface area (Å²) >= 11 is 0. The predicted octanol–water partition coefficient (Wildman–Crippen LogP) is 2.79. The van der Waals surface area contributed by atoms with Gasteiger partial charge in [0.15, 0.2) is 0 Å². The zero-order chi connectivity index (χ0) is 15.4. The second-order valence-corrected chi connectivity index (χ2v) is 7.05. The van der Waals surface area contributed by atoms with Gasteiger partial charge < -0.3 is 10.2 Å². The maximum Gasteiger partial charge on any atom is 0.238 e. The first kappa shape index (κ1) is 15.6. The van der Waals surface area contributed by atoms with Crippen LogP contribution in [0, 0.1) is 5.41 Å². The molecular weight excluding hydrogens is 276 g/mol. The number of nitrogens with one attached hydrogen (secondary N) is 1. The molecule has 2 aliphatic carbocycles. The molecule has 0 radical (unpaired) electrons. The minimum atomic E-state index is -0.710. The zero-order valence-electron chi connectivity index (χ0n) is 13.5. The van der Waals surface area contributed by atoms with E-state index in [9.17, 15) is 9.59 Å². The smallest absolute Gasteiger partial charge is 0.238 e. The number of carbonyl (C=O) groups is 2. The van der Waals surface area contributed by atoms with E-state index in [1.54, 1.807) is 0 Å². The Labute approximate surface area is 133 Å². The van der Waals surface area contributed by atoms with E-state index < -0.39 is 5.41 Å². The van der Waals surface area contributed by atoms with E-state index in [4.69, 9.17) is 0 Å². The van der Waals surface area contributed by atoms with Gasteiger partial charge in [0.2, 0.25) is 11.8 Å². The van der Waals surface area contributed by atoms with Crippen LogP contribution in [0.4, 0.5) is 0 Å². The number of amides is 2. The lowest BCUT2D eigenvalue weighted by molar-refractivity contribution is -0.144. The molecule has 1 saturated heterocycles. The van der Waals surface area contributed by atoms with Gasteiger partial charge in [0.05, 0.1) is 0 Å². The summed E-state index contributed by atoms with van der Waals surface area (Å²) in [7, 11) is 0. The van der Waals surface area contributed by atoms with Gasteiger partial charge in [0.25, 0.3) is 0 Å². The van der Waals surface area contributed by atoms with Crippen molar-refractivity contribution < 1.29 is 9.59 Å². The maximum absolute atomic E-state index is 12.6. The first-order chi connectivity index (χ1) is 10.7. The fraction of sp³-hybridized carbons (Fsp3) is 0.778. The molecule has 4 heteroatoms. The van der Waals surface area contributed by atoms with Crippen LogP contribution in [-0.2, 0) is 9.59 Å². The second-order valence-electron chi connectivity index (χ2n) is 7.05. The van der Waals surface area contributed by atoms with Crippen LogP contribution in [-0.4, -0.2) is 36.3 Å². The number of rotatable bonds is 5. The highest BCUT2D eigenvalue weighted by Crippen LogP contribution is 2.47. The Balaban J connectivity index is 1.48. The van der Waals surface area contributed by atoms with Crippen LogP contribution in [0.25, 0.3) is 0 Å². The molecule has 2 amide bonds. The van der Waals surface area contributed by atoms with Gasteiger partial charge in [-0.05, 0) is 64.2 Å². The Hall–Kier alpha value is -1.32. The molecule has 0 atom stereocenters. The van der Waals surface area contributed by atoms with Crippen molar-refractivity contribution in [3.8, 4) is 0 Å². The van der Waals surface area contributed by atoms with E-state index in [0.717, 1.165) is 45.2 Å². The van der Waals surface area contributed by atoms with Gasteiger partial charge in [0, 0.05) is 19.6 Å². The number of likely N-dealkylation sites (tertiary alicyclic amines) is 1. The first-order valence-electron chi connectivity index (χ1n) is 8.98. The largest absolute Gasteiger partial charge is 0.355 e. The van der Waals surface area contributed by atoms with Crippen LogP contribution < -0.4 is 5.32 Å². The lowest BCUT2D eigenvalue weighted by atomic mass is 9.97. The Morgan fingerprint density at radius 2 is 1.86 bits per heavy atom. The molecule has 122 valence electrons. The summed E-state index contributed by atoms with van der Waals surface area (Å²) in [6.45, 7) is 2.35. The monoisotopic (exact) mass is 304 g/mol. The van der Waals surface area contributed by atoms with Crippen molar-refractivity contribution in [3.05, 3.63) is 11.6 Å². The quantitative estimate of drug-likeness (QED) is 0.627. The molecule has 1 saturated carbocycles. The van der Waals surface area contributed by atoms with Gasteiger partial charge in [-0.1, -0.05) is 11.6 Å². The Bertz CT molecular complexity index is 460. The average molecular weight is 304 g/mol. The number of nitrogens with zero attached hydrogens (tertiary/aromatic N) is 1. The molecule has 3 rings (SSSR count). The molecule has 0 aromatic heterocycles. The molecule has 2 fully saturated rings. The highest BCUT2D eigenvalue weighted by molar-refractivity contribution is 6.07. The van der Waals surface area contributed by atoms with E-state index >= 15 is 0 Å². The molecule has 0 bridgehead atoms. The van der Waals surface area contributed by atoms with Gasteiger partial charge in [-0.15, -0.1) is 0 Å². The van der Waals surface area contributed by atoms with Gasteiger partial charge >= 0.3 is 0 Å². The Morgan fingerprint density at radius 1 is 1.09 bits per heavy atom. The molecule has 0 spiro atoms. The molecule has 0 aromatic rings. The van der Waals surface area contributed by atoms with E-state index in [-0.39, 0.29) is 11.8 Å². The summed E-state index contributed by atoms with van der Waals surface area (Å²) in [5, 5.41) is 3.03. The van der Waals surface area contributed by atoms with E-state index in [1.807, 2.05) is 4.90 Å². The van der Waals surface area contributed by atoms with Crippen molar-refractivity contribution in [2.45, 2.75) is 64.2 Å². The maximum atomic E-state index is 12.6. The predicted molar refractivity (Wildman–Crippen MR) is 86.3 cm³/mol. The summed E-state index contributed by atoms with van der Waals surface area (Å²) in [6.07, 6.45) is 13.0. The van der Waals surface area contributed by atoms with Crippen LogP contribution >= 0.6 is 0 Å². The van der Waals surface area contributed by atoms with Crippen molar-refractivity contribution in [1.29, 1.82) is 0 Å². The number of allylic oxidation sites excluding steroid dienone is 1. The highest BCUT2D eigenvalue weighted by Gasteiger charge is 2.57. The van der Waals surface area contributed by atoms with Crippen LogP contribution in [0.1, 0.15) is 64.2 Å². The molecule has 22 heavy (non-hydrogen) atoms. The topological polar surface area (TPSA) is 49.4 Å². The average Bonchev–Trinajstić information content (AvgIpc) is 3.38. The highest BCUT2D eigenvalue weighted by atomic mass is 16.2. The van der Waals surface area contributed by atoms with Crippen molar-refractivity contribution in [1.82, 2.24) is 10.2 Å². The summed E-state index contributed by atoms with van der Waals surface area (Å²) < 4.78 is 0. The van der Waals surface area contributed by atoms with Crippen molar-refractivity contribution in [2.75, 3.05) is 19.6 Å². The van der Waals surface area contributed by atoms with Crippen molar-refractivity contribution >= 4 is 11.8 Å². The van der Waals surface area contributed by atoms with E-state index in [2.05, 4.69) is 11.4 Å². The second kappa shape index (κ2) is 6.84. The Morgan fingerprint density at radius 3 is 2.50 bits per heavy atom. The molecule has 0 unspecified atom stereocenters. The lowest BCUT2D eigenvalue weighted by Crippen LogP contribution is -2.47. The van der Waals surface area contributed by atoms with Crippen LogP contribution in [0.15, 0.2) is 11.6 Å². The number of hydrogen-bond acceptors (Lipinski definition) is 2. The molecule has 1 N–H and O–H groups in total. The first-order valence-corrected chi connectivity index (χ1v) is 8.98. The summed E-state index contributed by atoms with van der Waals surface area (Å²) in [5.41, 5.74) is 0.761. The molecule has 0 aromatic carbocycles. The van der Waals surface area contributed by atoms with Crippen LogP contribution in [0.5, 0.6) is 0 Å². The lowest BCUT2D eigenvalue weighted by Gasteiger charge is -2.30. The number of hydrogen-bond donors (Lipinski definition) is 1. The van der Waals surface area contributed by atoms with E-state index in [0.29, 0.717) is 6.54 Å². The van der Waals surface area contributed by atoms with Gasteiger partial charge in [-0.25, -0.2) is 0 Å². The van der Waals surface area contributed by atoms with Crippen molar-refractivity contribution in [3.63, 3.8) is 0 Å². The normalized spacial score (nSPS) is 23.6. The summed E-state index contributed by atoms with van der Waals surface area (Å²) in [4.78, 5) is 27.0. The fourth-order valence-corrected chi connectivity index (χ4v) is 3.70. The minimum Gasteiger partial charge on any atom is -0.355 e. The fourth-order valence-electron chi connectivity index (χ4n) is 3.70. The third kappa shape index (κ3) is 3.36. The Kier molecular flexibility index (Phi) is 4.84. The third-order valence-corrected chi connectivity index (χ3v) is 5.35. The van der Waals surface area contributed by atoms with E-state index in [1.165, 1.54) is 37.7 Å². The molecule has 4 nitrogen and oxygen atoms in total. The van der Waals surface area contributed by atoms with Gasteiger partial charge in [-0.3, -0.25) is 9.59 Å². The van der Waals surface area contributed by atoms with Crippen LogP contribution in [0.3, 0.4) is 0 Å². The van der Waals surface area contributed by atoms with Gasteiger partial charge in [0.1, 0.15) is 5.41 Å².